The molecule has 5 heteroatoms. The summed E-state index contributed by atoms with van der Waals surface area (Å²) < 4.78 is 0.844. The molecule has 0 amide bonds. The maximum Gasteiger partial charge on any atom is 0.274 e. The molecule has 0 unspecified atom stereocenters. The molecule has 2 N–H and O–H groups in total. The fraction of sp³-hybridized carbons (Fsp3) is 0.143. The Labute approximate surface area is 83.1 Å². The molecule has 0 aromatic heterocycles. The Morgan fingerprint density at radius 2 is 2.25 bits per heavy atom. The normalized spacial score (nSPS) is 9.83. The number of rotatable bonds is 2. The zero-order chi connectivity index (χ0) is 9.14. The van der Waals surface area contributed by atoms with Crippen molar-refractivity contribution in [1.82, 2.24) is 0 Å². The Bertz CT molecular complexity index is 314. The van der Waals surface area contributed by atoms with Crippen LogP contribution in [0.25, 0.3) is 0 Å². The van der Waals surface area contributed by atoms with E-state index >= 15 is 0 Å². The van der Waals surface area contributed by atoms with Gasteiger partial charge in [0.05, 0.1) is 4.92 Å². The first-order valence-electron chi connectivity index (χ1n) is 3.28. The molecule has 0 fully saturated rings. The molecule has 0 heterocycles. The van der Waals surface area contributed by atoms with Crippen LogP contribution in [0, 0.1) is 13.7 Å². The van der Waals surface area contributed by atoms with Gasteiger partial charge >= 0.3 is 0 Å². The molecule has 0 atom stereocenters. The van der Waals surface area contributed by atoms with Crippen molar-refractivity contribution in [2.24, 2.45) is 5.73 Å². The Hall–Kier alpha value is -0.690. The average molecular weight is 278 g/mol. The number of nitro benzene ring substituents is 1. The largest absolute Gasteiger partial charge is 0.326 e. The van der Waals surface area contributed by atoms with Crippen molar-refractivity contribution in [1.29, 1.82) is 0 Å². The van der Waals surface area contributed by atoms with Crippen LogP contribution in [0.1, 0.15) is 5.56 Å². The summed E-state index contributed by atoms with van der Waals surface area (Å²) in [6.45, 7) is 0.202. The van der Waals surface area contributed by atoms with Crippen LogP contribution >= 0.6 is 22.6 Å². The Morgan fingerprint density at radius 1 is 1.58 bits per heavy atom. The second-order valence-corrected chi connectivity index (χ2v) is 3.48. The standard InChI is InChI=1S/C7H7IN2O2/c8-6-2-1-5(4-9)7(3-6)10(11)12/h1-3H,4,9H2. The highest BCUT2D eigenvalue weighted by molar-refractivity contribution is 14.1. The fourth-order valence-corrected chi connectivity index (χ4v) is 1.35. The van der Waals surface area contributed by atoms with Crippen LogP contribution < -0.4 is 5.73 Å². The second kappa shape index (κ2) is 3.81. The molecule has 0 spiro atoms. The van der Waals surface area contributed by atoms with Gasteiger partial charge in [-0.05, 0) is 34.7 Å². The highest BCUT2D eigenvalue weighted by Gasteiger charge is 2.11. The van der Waals surface area contributed by atoms with Gasteiger partial charge in [-0.25, -0.2) is 0 Å². The van der Waals surface area contributed by atoms with Crippen molar-refractivity contribution in [3.8, 4) is 0 Å². The minimum atomic E-state index is -0.412. The first-order chi connectivity index (χ1) is 5.65. The van der Waals surface area contributed by atoms with Crippen LogP contribution in [0.4, 0.5) is 5.69 Å². The number of nitrogens with zero attached hydrogens (tertiary/aromatic N) is 1. The lowest BCUT2D eigenvalue weighted by Crippen LogP contribution is -2.01. The number of hydrogen-bond acceptors (Lipinski definition) is 3. The minimum Gasteiger partial charge on any atom is -0.326 e. The molecule has 64 valence electrons. The number of halogens is 1. The van der Waals surface area contributed by atoms with E-state index in [4.69, 9.17) is 5.73 Å². The summed E-state index contributed by atoms with van der Waals surface area (Å²) >= 11 is 2.03. The van der Waals surface area contributed by atoms with E-state index in [-0.39, 0.29) is 12.2 Å². The van der Waals surface area contributed by atoms with Crippen LogP contribution in [-0.2, 0) is 6.54 Å². The Balaban J connectivity index is 3.21. The summed E-state index contributed by atoms with van der Waals surface area (Å²) in [5, 5.41) is 10.5. The second-order valence-electron chi connectivity index (χ2n) is 2.23. The molecule has 12 heavy (non-hydrogen) atoms. The topological polar surface area (TPSA) is 69.2 Å². The maximum absolute atomic E-state index is 10.5. The third kappa shape index (κ3) is 1.92. The third-order valence-electron chi connectivity index (χ3n) is 1.46. The molecular formula is C7H7IN2O2. The van der Waals surface area contributed by atoms with Gasteiger partial charge < -0.3 is 5.73 Å². The van der Waals surface area contributed by atoms with Crippen molar-refractivity contribution in [3.63, 3.8) is 0 Å². The third-order valence-corrected chi connectivity index (χ3v) is 2.13. The predicted octanol–water partition coefficient (Wildman–Crippen LogP) is 1.66. The van der Waals surface area contributed by atoms with Gasteiger partial charge in [-0.15, -0.1) is 0 Å². The van der Waals surface area contributed by atoms with E-state index in [2.05, 4.69) is 0 Å². The van der Waals surface area contributed by atoms with Crippen LogP contribution in [0.3, 0.4) is 0 Å². The van der Waals surface area contributed by atoms with E-state index in [1.54, 1.807) is 12.1 Å². The fourth-order valence-electron chi connectivity index (χ4n) is 0.880. The summed E-state index contributed by atoms with van der Waals surface area (Å²) in [5.74, 6) is 0. The summed E-state index contributed by atoms with van der Waals surface area (Å²) in [6.07, 6.45) is 0. The van der Waals surface area contributed by atoms with E-state index in [0.29, 0.717) is 5.56 Å². The van der Waals surface area contributed by atoms with Crippen molar-refractivity contribution in [2.75, 3.05) is 0 Å². The van der Waals surface area contributed by atoms with Crippen LogP contribution in [-0.4, -0.2) is 4.92 Å². The maximum atomic E-state index is 10.5. The van der Waals surface area contributed by atoms with Crippen LogP contribution in [0.15, 0.2) is 18.2 Å². The molecule has 0 saturated heterocycles. The van der Waals surface area contributed by atoms with Crippen LogP contribution in [0.2, 0.25) is 0 Å². The molecule has 1 aromatic rings. The molecule has 0 bridgehead atoms. The highest BCUT2D eigenvalue weighted by Crippen LogP contribution is 2.20. The zero-order valence-electron chi connectivity index (χ0n) is 6.16. The van der Waals surface area contributed by atoms with Crippen molar-refractivity contribution in [3.05, 3.63) is 37.4 Å². The smallest absolute Gasteiger partial charge is 0.274 e. The lowest BCUT2D eigenvalue weighted by atomic mass is 10.2. The van der Waals surface area contributed by atoms with Crippen molar-refractivity contribution < 1.29 is 4.92 Å². The SMILES string of the molecule is NCc1ccc(I)cc1[N+](=O)[O-]. The molecule has 0 aliphatic rings. The van der Waals surface area contributed by atoms with E-state index < -0.39 is 4.92 Å². The first kappa shape index (κ1) is 9.40. The molecule has 1 rings (SSSR count). The molecule has 0 saturated carbocycles. The van der Waals surface area contributed by atoms with Gasteiger partial charge in [0.1, 0.15) is 0 Å². The Kier molecular flexibility index (Phi) is 2.99. The molecule has 0 aliphatic carbocycles. The number of benzene rings is 1. The van der Waals surface area contributed by atoms with Gasteiger partial charge in [0.25, 0.3) is 5.69 Å². The van der Waals surface area contributed by atoms with Crippen LogP contribution in [0.5, 0.6) is 0 Å². The number of nitro groups is 1. The zero-order valence-corrected chi connectivity index (χ0v) is 8.32. The van der Waals surface area contributed by atoms with Gasteiger partial charge in [0, 0.05) is 21.7 Å². The van der Waals surface area contributed by atoms with Gasteiger partial charge in [0.15, 0.2) is 0 Å². The van der Waals surface area contributed by atoms with E-state index in [9.17, 15) is 10.1 Å². The van der Waals surface area contributed by atoms with E-state index in [1.165, 1.54) is 6.07 Å². The lowest BCUT2D eigenvalue weighted by Gasteiger charge is -1.98. The van der Waals surface area contributed by atoms with Gasteiger partial charge in [-0.2, -0.15) is 0 Å². The summed E-state index contributed by atoms with van der Waals surface area (Å²) in [4.78, 5) is 10.1. The lowest BCUT2D eigenvalue weighted by molar-refractivity contribution is -0.385. The van der Waals surface area contributed by atoms with Gasteiger partial charge in [-0.1, -0.05) is 0 Å². The number of nitrogens with two attached hydrogens (primary N) is 1. The van der Waals surface area contributed by atoms with Crippen molar-refractivity contribution >= 4 is 28.3 Å². The Morgan fingerprint density at radius 3 is 2.75 bits per heavy atom. The highest BCUT2D eigenvalue weighted by atomic mass is 127. The van der Waals surface area contributed by atoms with Gasteiger partial charge in [0.2, 0.25) is 0 Å². The molecular weight excluding hydrogens is 271 g/mol. The van der Waals surface area contributed by atoms with Crippen molar-refractivity contribution in [2.45, 2.75) is 6.54 Å². The van der Waals surface area contributed by atoms with E-state index in [0.717, 1.165) is 3.57 Å². The summed E-state index contributed by atoms with van der Waals surface area (Å²) in [5.41, 5.74) is 6.00. The molecule has 4 nitrogen and oxygen atoms in total. The summed E-state index contributed by atoms with van der Waals surface area (Å²) in [7, 11) is 0. The molecule has 1 aromatic carbocycles. The first-order valence-corrected chi connectivity index (χ1v) is 4.36. The quantitative estimate of drug-likeness (QED) is 0.508. The number of hydrogen-bond donors (Lipinski definition) is 1. The van der Waals surface area contributed by atoms with E-state index in [1.807, 2.05) is 22.6 Å². The molecule has 0 radical (unpaired) electrons. The monoisotopic (exact) mass is 278 g/mol. The minimum absolute atomic E-state index is 0.101. The molecule has 0 aliphatic heterocycles. The predicted molar refractivity (Wildman–Crippen MR) is 53.7 cm³/mol. The summed E-state index contributed by atoms with van der Waals surface area (Å²) in [6, 6.07) is 5.00. The average Bonchev–Trinajstić information content (AvgIpc) is 2.04. The van der Waals surface area contributed by atoms with Gasteiger partial charge in [-0.3, -0.25) is 10.1 Å².